The monoisotopic (exact) mass is 299 g/mol. The smallest absolute Gasteiger partial charge is 0.161 e. The van der Waals surface area contributed by atoms with Crippen molar-refractivity contribution in [2.24, 2.45) is 7.05 Å². The Hall–Kier alpha value is -2.94. The van der Waals surface area contributed by atoms with Gasteiger partial charge in [0.15, 0.2) is 5.65 Å². The fourth-order valence-electron chi connectivity index (χ4n) is 2.85. The van der Waals surface area contributed by atoms with Gasteiger partial charge in [-0.15, -0.1) is 0 Å². The van der Waals surface area contributed by atoms with Crippen LogP contribution in [0, 0.1) is 6.92 Å². The number of aromatic nitrogens is 3. The van der Waals surface area contributed by atoms with Crippen molar-refractivity contribution in [3.05, 3.63) is 72.6 Å². The minimum atomic E-state index is 0.919. The van der Waals surface area contributed by atoms with E-state index in [4.69, 9.17) is 9.97 Å². The zero-order valence-corrected chi connectivity index (χ0v) is 13.2. The Balaban J connectivity index is 2.06. The highest BCUT2D eigenvalue weighted by Gasteiger charge is 2.14. The molecule has 0 saturated carbocycles. The average molecular weight is 299 g/mol. The summed E-state index contributed by atoms with van der Waals surface area (Å²) >= 11 is 0. The second-order valence-electron chi connectivity index (χ2n) is 5.68. The molecular formula is C20H17N3. The fraction of sp³-hybridized carbons (Fsp3) is 0.100. The van der Waals surface area contributed by atoms with E-state index in [1.807, 2.05) is 42.8 Å². The summed E-state index contributed by atoms with van der Waals surface area (Å²) in [6, 6.07) is 22.8. The Morgan fingerprint density at radius 3 is 2.04 bits per heavy atom. The van der Waals surface area contributed by atoms with E-state index >= 15 is 0 Å². The van der Waals surface area contributed by atoms with Crippen LogP contribution in [0.1, 0.15) is 5.82 Å². The Labute approximate surface area is 135 Å². The molecule has 0 aliphatic carbocycles. The van der Waals surface area contributed by atoms with Crippen LogP contribution in [0.4, 0.5) is 0 Å². The molecule has 23 heavy (non-hydrogen) atoms. The Morgan fingerprint density at radius 1 is 0.783 bits per heavy atom. The van der Waals surface area contributed by atoms with E-state index in [1.54, 1.807) is 0 Å². The van der Waals surface area contributed by atoms with E-state index in [9.17, 15) is 0 Å². The maximum absolute atomic E-state index is 4.85. The van der Waals surface area contributed by atoms with Crippen molar-refractivity contribution in [3.8, 4) is 22.4 Å². The largest absolute Gasteiger partial charge is 0.316 e. The zero-order chi connectivity index (χ0) is 15.8. The van der Waals surface area contributed by atoms with Crippen LogP contribution in [0.25, 0.3) is 33.5 Å². The van der Waals surface area contributed by atoms with Gasteiger partial charge in [0.05, 0.1) is 5.69 Å². The molecule has 112 valence electrons. The average Bonchev–Trinajstić information content (AvgIpc) is 2.90. The van der Waals surface area contributed by atoms with Gasteiger partial charge in [-0.3, -0.25) is 0 Å². The van der Waals surface area contributed by atoms with Gasteiger partial charge in [0, 0.05) is 18.2 Å². The molecule has 0 bridgehead atoms. The molecule has 0 fully saturated rings. The predicted octanol–water partition coefficient (Wildman–Crippen LogP) is 4.61. The van der Waals surface area contributed by atoms with Crippen LogP contribution in [0.3, 0.4) is 0 Å². The van der Waals surface area contributed by atoms with Gasteiger partial charge in [-0.2, -0.15) is 0 Å². The van der Waals surface area contributed by atoms with E-state index in [-0.39, 0.29) is 0 Å². The molecule has 3 nitrogen and oxygen atoms in total. The first-order valence-electron chi connectivity index (χ1n) is 7.69. The lowest BCUT2D eigenvalue weighted by Gasteiger charge is -2.08. The van der Waals surface area contributed by atoms with Crippen LogP contribution in [-0.4, -0.2) is 14.5 Å². The van der Waals surface area contributed by atoms with Gasteiger partial charge in [0.2, 0.25) is 0 Å². The third-order valence-corrected chi connectivity index (χ3v) is 4.21. The van der Waals surface area contributed by atoms with Gasteiger partial charge < -0.3 is 4.57 Å². The number of benzene rings is 2. The van der Waals surface area contributed by atoms with Crippen LogP contribution in [-0.2, 0) is 7.05 Å². The maximum atomic E-state index is 4.85. The SMILES string of the molecule is Cc1nc2c(-c3ccccc3)cc(-c3ccccc3)nc2n1C. The molecule has 4 aromatic rings. The van der Waals surface area contributed by atoms with Gasteiger partial charge in [-0.05, 0) is 18.6 Å². The number of aryl methyl sites for hydroxylation is 2. The second kappa shape index (κ2) is 5.36. The third kappa shape index (κ3) is 2.30. The van der Waals surface area contributed by atoms with Crippen molar-refractivity contribution in [2.45, 2.75) is 6.92 Å². The summed E-state index contributed by atoms with van der Waals surface area (Å²) in [5.41, 5.74) is 6.25. The number of imidazole rings is 1. The van der Waals surface area contributed by atoms with E-state index in [0.717, 1.165) is 39.4 Å². The lowest BCUT2D eigenvalue weighted by molar-refractivity contribution is 0.874. The highest BCUT2D eigenvalue weighted by Crippen LogP contribution is 2.31. The minimum absolute atomic E-state index is 0.919. The molecule has 3 heteroatoms. The highest BCUT2D eigenvalue weighted by atomic mass is 15.1. The van der Waals surface area contributed by atoms with Gasteiger partial charge in [0.25, 0.3) is 0 Å². The van der Waals surface area contributed by atoms with Crippen LogP contribution in [0.5, 0.6) is 0 Å². The quantitative estimate of drug-likeness (QED) is 0.541. The van der Waals surface area contributed by atoms with Crippen LogP contribution >= 0.6 is 0 Å². The van der Waals surface area contributed by atoms with Crippen LogP contribution < -0.4 is 0 Å². The number of rotatable bonds is 2. The van der Waals surface area contributed by atoms with E-state index in [1.165, 1.54) is 0 Å². The molecule has 4 rings (SSSR count). The van der Waals surface area contributed by atoms with Crippen molar-refractivity contribution in [1.82, 2.24) is 14.5 Å². The van der Waals surface area contributed by atoms with Crippen LogP contribution in [0.15, 0.2) is 66.7 Å². The van der Waals surface area contributed by atoms with E-state index < -0.39 is 0 Å². The van der Waals surface area contributed by atoms with Crippen molar-refractivity contribution < 1.29 is 0 Å². The van der Waals surface area contributed by atoms with Crippen molar-refractivity contribution >= 4 is 11.2 Å². The third-order valence-electron chi connectivity index (χ3n) is 4.21. The van der Waals surface area contributed by atoms with Crippen molar-refractivity contribution in [1.29, 1.82) is 0 Å². The summed E-state index contributed by atoms with van der Waals surface area (Å²) in [5.74, 6) is 0.967. The summed E-state index contributed by atoms with van der Waals surface area (Å²) in [7, 11) is 2.02. The standard InChI is InChI=1S/C20H17N3/c1-14-21-19-17(15-9-5-3-6-10-15)13-18(22-20(19)23(14)2)16-11-7-4-8-12-16/h3-13H,1-2H3. The predicted molar refractivity (Wildman–Crippen MR) is 94.1 cm³/mol. The first-order chi connectivity index (χ1) is 11.2. The molecule has 0 N–H and O–H groups in total. The molecule has 0 saturated heterocycles. The first-order valence-corrected chi connectivity index (χ1v) is 7.69. The highest BCUT2D eigenvalue weighted by molar-refractivity contribution is 5.93. The van der Waals surface area contributed by atoms with Crippen LogP contribution in [0.2, 0.25) is 0 Å². The topological polar surface area (TPSA) is 30.7 Å². The fourth-order valence-corrected chi connectivity index (χ4v) is 2.85. The lowest BCUT2D eigenvalue weighted by Crippen LogP contribution is -1.94. The lowest BCUT2D eigenvalue weighted by atomic mass is 10.0. The van der Waals surface area contributed by atoms with Gasteiger partial charge in [0.1, 0.15) is 11.3 Å². The molecule has 0 aliphatic rings. The van der Waals surface area contributed by atoms with Gasteiger partial charge in [-0.25, -0.2) is 9.97 Å². The molecule has 2 aromatic heterocycles. The van der Waals surface area contributed by atoms with E-state index in [0.29, 0.717) is 0 Å². The molecule has 0 radical (unpaired) electrons. The molecule has 0 spiro atoms. The summed E-state index contributed by atoms with van der Waals surface area (Å²) in [5, 5.41) is 0. The Morgan fingerprint density at radius 2 is 1.39 bits per heavy atom. The maximum Gasteiger partial charge on any atom is 0.161 e. The van der Waals surface area contributed by atoms with Gasteiger partial charge in [-0.1, -0.05) is 60.7 Å². The van der Waals surface area contributed by atoms with Crippen molar-refractivity contribution in [3.63, 3.8) is 0 Å². The zero-order valence-electron chi connectivity index (χ0n) is 13.2. The summed E-state index contributed by atoms with van der Waals surface area (Å²) in [4.78, 5) is 9.58. The second-order valence-corrected chi connectivity index (χ2v) is 5.68. The number of nitrogens with zero attached hydrogens (tertiary/aromatic N) is 3. The summed E-state index contributed by atoms with van der Waals surface area (Å²) in [6.07, 6.45) is 0. The number of hydrogen-bond donors (Lipinski definition) is 0. The number of fused-ring (bicyclic) bond motifs is 1. The summed E-state index contributed by atoms with van der Waals surface area (Å²) in [6.45, 7) is 2.01. The first kappa shape index (κ1) is 13.7. The normalized spacial score (nSPS) is 11.0. The number of hydrogen-bond acceptors (Lipinski definition) is 2. The molecule has 0 amide bonds. The van der Waals surface area contributed by atoms with E-state index in [2.05, 4.69) is 42.5 Å². The Kier molecular flexibility index (Phi) is 3.19. The molecule has 0 atom stereocenters. The molecule has 2 heterocycles. The van der Waals surface area contributed by atoms with Gasteiger partial charge >= 0.3 is 0 Å². The Bertz CT molecular complexity index is 970. The minimum Gasteiger partial charge on any atom is -0.316 e. The van der Waals surface area contributed by atoms with Crippen molar-refractivity contribution in [2.75, 3.05) is 0 Å². The molecule has 0 unspecified atom stereocenters. The number of pyridine rings is 1. The molecular weight excluding hydrogens is 282 g/mol. The molecule has 2 aromatic carbocycles. The molecule has 0 aliphatic heterocycles. The summed E-state index contributed by atoms with van der Waals surface area (Å²) < 4.78 is 2.05.